The van der Waals surface area contributed by atoms with Gasteiger partial charge < -0.3 is 0 Å². The summed E-state index contributed by atoms with van der Waals surface area (Å²) in [5, 5.41) is 12.3. The molecule has 9 heteroatoms. The predicted octanol–water partition coefficient (Wildman–Crippen LogP) is 1.79. The van der Waals surface area contributed by atoms with E-state index in [1.165, 1.54) is 11.8 Å². The molecule has 130 valence electrons. The Morgan fingerprint density at radius 3 is 2.40 bits per heavy atom. The summed E-state index contributed by atoms with van der Waals surface area (Å²) in [6, 6.07) is 18.2. The predicted molar refractivity (Wildman–Crippen MR) is 95.7 cm³/mol. The summed E-state index contributed by atoms with van der Waals surface area (Å²) in [6.07, 6.45) is 0. The van der Waals surface area contributed by atoms with Gasteiger partial charge in [-0.1, -0.05) is 60.3 Å². The third-order valence-corrected chi connectivity index (χ3v) is 5.79. The molecule has 0 spiro atoms. The second-order valence-electron chi connectivity index (χ2n) is 5.16. The van der Waals surface area contributed by atoms with Crippen LogP contribution < -0.4 is 4.72 Å². The van der Waals surface area contributed by atoms with E-state index < -0.39 is 10.0 Å². The number of hydrogen-bond acceptors (Lipinski definition) is 6. The smallest absolute Gasteiger partial charge is 0.216 e. The third-order valence-electron chi connectivity index (χ3n) is 3.35. The lowest BCUT2D eigenvalue weighted by Crippen LogP contribution is -2.26. The molecule has 7 nitrogen and oxygen atoms in total. The maximum absolute atomic E-state index is 12.1. The fourth-order valence-corrected chi connectivity index (χ4v) is 4.07. The van der Waals surface area contributed by atoms with Gasteiger partial charge in [-0.25, -0.2) is 17.8 Å². The molecular weight excluding hydrogens is 358 g/mol. The van der Waals surface area contributed by atoms with Crippen molar-refractivity contribution in [1.29, 1.82) is 0 Å². The van der Waals surface area contributed by atoms with Crippen molar-refractivity contribution in [2.45, 2.75) is 16.6 Å². The average molecular weight is 375 g/mol. The SMILES string of the molecule is O=S(=O)(NCCSc1nnnn1Cc1ccccc1)c1ccccc1. The minimum absolute atomic E-state index is 0.258. The van der Waals surface area contributed by atoms with E-state index in [0.29, 0.717) is 24.0 Å². The van der Waals surface area contributed by atoms with Gasteiger partial charge in [0.15, 0.2) is 0 Å². The highest BCUT2D eigenvalue weighted by molar-refractivity contribution is 7.99. The molecule has 25 heavy (non-hydrogen) atoms. The Labute approximate surface area is 150 Å². The first-order valence-corrected chi connectivity index (χ1v) is 10.1. The molecule has 0 saturated heterocycles. The Hall–Kier alpha value is -2.23. The number of aromatic nitrogens is 4. The molecule has 2 aromatic carbocycles. The van der Waals surface area contributed by atoms with E-state index in [1.54, 1.807) is 35.0 Å². The maximum Gasteiger partial charge on any atom is 0.240 e. The Morgan fingerprint density at radius 1 is 1.00 bits per heavy atom. The highest BCUT2D eigenvalue weighted by Gasteiger charge is 2.13. The molecule has 0 unspecified atom stereocenters. The normalized spacial score (nSPS) is 11.5. The van der Waals surface area contributed by atoms with E-state index in [1.807, 2.05) is 30.3 Å². The molecule has 3 aromatic rings. The molecule has 0 radical (unpaired) electrons. The third kappa shape index (κ3) is 4.88. The van der Waals surface area contributed by atoms with Gasteiger partial charge in [-0.15, -0.1) is 5.10 Å². The Kier molecular flexibility index (Phi) is 5.79. The first kappa shape index (κ1) is 17.6. The Morgan fingerprint density at radius 2 is 1.68 bits per heavy atom. The number of hydrogen-bond donors (Lipinski definition) is 1. The van der Waals surface area contributed by atoms with Crippen molar-refractivity contribution in [3.05, 3.63) is 66.2 Å². The molecule has 0 bridgehead atoms. The van der Waals surface area contributed by atoms with Gasteiger partial charge in [0.25, 0.3) is 0 Å². The zero-order valence-corrected chi connectivity index (χ0v) is 14.9. The van der Waals surface area contributed by atoms with Gasteiger partial charge in [0.2, 0.25) is 15.2 Å². The number of rotatable bonds is 8. The van der Waals surface area contributed by atoms with Gasteiger partial charge in [-0.05, 0) is 28.1 Å². The number of thioether (sulfide) groups is 1. The molecule has 3 rings (SSSR count). The summed E-state index contributed by atoms with van der Waals surface area (Å²) in [5.74, 6) is 0.529. The van der Waals surface area contributed by atoms with Crippen LogP contribution in [0, 0.1) is 0 Å². The van der Waals surface area contributed by atoms with E-state index >= 15 is 0 Å². The molecule has 0 aliphatic rings. The molecule has 0 aliphatic heterocycles. The molecule has 0 fully saturated rings. The number of tetrazole rings is 1. The van der Waals surface area contributed by atoms with E-state index in [9.17, 15) is 8.42 Å². The number of benzene rings is 2. The molecule has 0 saturated carbocycles. The fraction of sp³-hybridized carbons (Fsp3) is 0.188. The van der Waals surface area contributed by atoms with Crippen molar-refractivity contribution in [2.24, 2.45) is 0 Å². The van der Waals surface area contributed by atoms with Crippen LogP contribution in [0.2, 0.25) is 0 Å². The average Bonchev–Trinajstić information content (AvgIpc) is 3.07. The molecule has 0 amide bonds. The molecular formula is C16H17N5O2S2. The summed E-state index contributed by atoms with van der Waals surface area (Å²) in [7, 11) is -3.48. The van der Waals surface area contributed by atoms with Crippen LogP contribution in [-0.2, 0) is 16.6 Å². The minimum atomic E-state index is -3.48. The van der Waals surface area contributed by atoms with Crippen molar-refractivity contribution in [2.75, 3.05) is 12.3 Å². The second kappa shape index (κ2) is 8.24. The van der Waals surface area contributed by atoms with E-state index in [0.717, 1.165) is 5.56 Å². The first-order valence-electron chi connectivity index (χ1n) is 7.63. The molecule has 1 aromatic heterocycles. The molecule has 1 heterocycles. The van der Waals surface area contributed by atoms with Crippen molar-refractivity contribution in [3.8, 4) is 0 Å². The lowest BCUT2D eigenvalue weighted by atomic mass is 10.2. The topological polar surface area (TPSA) is 89.8 Å². The van der Waals surface area contributed by atoms with E-state index in [-0.39, 0.29) is 4.90 Å². The van der Waals surface area contributed by atoms with E-state index in [4.69, 9.17) is 0 Å². The maximum atomic E-state index is 12.1. The van der Waals surface area contributed by atoms with Crippen molar-refractivity contribution >= 4 is 21.8 Å². The minimum Gasteiger partial charge on any atom is -0.216 e. The fourth-order valence-electron chi connectivity index (χ4n) is 2.16. The van der Waals surface area contributed by atoms with Gasteiger partial charge in [0, 0.05) is 12.3 Å². The zero-order chi connectivity index (χ0) is 17.5. The summed E-state index contributed by atoms with van der Waals surface area (Å²) in [6.45, 7) is 0.867. The number of nitrogens with zero attached hydrogens (tertiary/aromatic N) is 4. The summed E-state index contributed by atoms with van der Waals surface area (Å²) in [5.41, 5.74) is 1.10. The highest BCUT2D eigenvalue weighted by Crippen LogP contribution is 2.15. The van der Waals surface area contributed by atoms with Gasteiger partial charge in [-0.2, -0.15) is 0 Å². The first-order chi connectivity index (χ1) is 12.1. The standard InChI is InChI=1S/C16H17N5O2S2/c22-25(23,15-9-5-2-6-10-15)17-11-12-24-16-18-19-20-21(16)13-14-7-3-1-4-8-14/h1-10,17H,11-13H2. The second-order valence-corrected chi connectivity index (χ2v) is 7.99. The van der Waals surface area contributed by atoms with Crippen molar-refractivity contribution < 1.29 is 8.42 Å². The quantitative estimate of drug-likeness (QED) is 0.477. The van der Waals surface area contributed by atoms with Gasteiger partial charge in [0.05, 0.1) is 11.4 Å². The number of nitrogens with one attached hydrogen (secondary N) is 1. The lowest BCUT2D eigenvalue weighted by molar-refractivity contribution is 0.584. The highest BCUT2D eigenvalue weighted by atomic mass is 32.2. The van der Waals surface area contributed by atoms with Crippen LogP contribution >= 0.6 is 11.8 Å². The largest absolute Gasteiger partial charge is 0.240 e. The Balaban J connectivity index is 1.53. The van der Waals surface area contributed by atoms with Gasteiger partial charge in [0.1, 0.15) is 0 Å². The summed E-state index contributed by atoms with van der Waals surface area (Å²) < 4.78 is 28.6. The van der Waals surface area contributed by atoms with E-state index in [2.05, 4.69) is 20.2 Å². The van der Waals surface area contributed by atoms with Gasteiger partial charge in [-0.3, -0.25) is 0 Å². The van der Waals surface area contributed by atoms with Crippen molar-refractivity contribution in [1.82, 2.24) is 24.9 Å². The van der Waals surface area contributed by atoms with Crippen LogP contribution in [-0.4, -0.2) is 40.9 Å². The lowest BCUT2D eigenvalue weighted by Gasteiger charge is -2.07. The Bertz CT molecular complexity index is 899. The van der Waals surface area contributed by atoms with Crippen LogP contribution in [0.15, 0.2) is 70.7 Å². The van der Waals surface area contributed by atoms with Crippen molar-refractivity contribution in [3.63, 3.8) is 0 Å². The molecule has 0 aliphatic carbocycles. The summed E-state index contributed by atoms with van der Waals surface area (Å²) >= 11 is 1.41. The van der Waals surface area contributed by atoms with Crippen LogP contribution in [0.5, 0.6) is 0 Å². The monoisotopic (exact) mass is 375 g/mol. The van der Waals surface area contributed by atoms with Crippen LogP contribution in [0.4, 0.5) is 0 Å². The van der Waals surface area contributed by atoms with Crippen LogP contribution in [0.25, 0.3) is 0 Å². The molecule has 0 atom stereocenters. The summed E-state index contributed by atoms with van der Waals surface area (Å²) in [4.78, 5) is 0.258. The van der Waals surface area contributed by atoms with Gasteiger partial charge >= 0.3 is 0 Å². The molecule has 1 N–H and O–H groups in total. The van der Waals surface area contributed by atoms with Crippen LogP contribution in [0.3, 0.4) is 0 Å². The zero-order valence-electron chi connectivity index (χ0n) is 13.3. The number of sulfonamides is 1. The van der Waals surface area contributed by atoms with Crippen LogP contribution in [0.1, 0.15) is 5.56 Å².